The van der Waals surface area contributed by atoms with Crippen molar-refractivity contribution in [3.8, 4) is 11.5 Å². The van der Waals surface area contributed by atoms with Crippen LogP contribution >= 0.6 is 0 Å². The first-order chi connectivity index (χ1) is 11.6. The van der Waals surface area contributed by atoms with Gasteiger partial charge in [-0.1, -0.05) is 12.1 Å². The standard InChI is InChI=1S/C19H23N3O2/c1-21-9-15-7-13(3-5-17(15)23-11-21)19(20)14-4-6-18-16(8-14)10-22(2)12-24-18/h3-8,19H,9-12,20H2,1-2H3. The molecule has 0 spiro atoms. The van der Waals surface area contributed by atoms with Crippen LogP contribution in [0.5, 0.6) is 11.5 Å². The van der Waals surface area contributed by atoms with Crippen molar-refractivity contribution in [3.63, 3.8) is 0 Å². The normalized spacial score (nSPS) is 17.8. The molecule has 0 bridgehead atoms. The molecule has 0 amide bonds. The zero-order chi connectivity index (χ0) is 16.7. The van der Waals surface area contributed by atoms with Crippen molar-refractivity contribution in [2.75, 3.05) is 27.6 Å². The first kappa shape index (κ1) is 15.4. The van der Waals surface area contributed by atoms with Crippen molar-refractivity contribution >= 4 is 0 Å². The molecule has 2 N–H and O–H groups in total. The third kappa shape index (κ3) is 2.86. The van der Waals surface area contributed by atoms with Gasteiger partial charge in [-0.25, -0.2) is 0 Å². The third-order valence-electron chi connectivity index (χ3n) is 4.65. The lowest BCUT2D eigenvalue weighted by atomic mass is 9.95. The second-order valence-electron chi connectivity index (χ2n) is 6.79. The molecule has 0 aromatic heterocycles. The van der Waals surface area contributed by atoms with Crippen LogP contribution in [0.4, 0.5) is 0 Å². The SMILES string of the molecule is CN1COc2ccc(C(N)c3ccc4c(c3)CN(C)CO4)cc2C1. The first-order valence-corrected chi connectivity index (χ1v) is 8.24. The van der Waals surface area contributed by atoms with E-state index >= 15 is 0 Å². The Bertz CT molecular complexity index is 699. The molecule has 0 saturated heterocycles. The highest BCUT2D eigenvalue weighted by Gasteiger charge is 2.19. The molecule has 126 valence electrons. The molecule has 2 aromatic carbocycles. The summed E-state index contributed by atoms with van der Waals surface area (Å²) in [6.45, 7) is 3.05. The first-order valence-electron chi connectivity index (χ1n) is 8.24. The van der Waals surface area contributed by atoms with E-state index in [1.54, 1.807) is 0 Å². The van der Waals surface area contributed by atoms with Gasteiger partial charge < -0.3 is 15.2 Å². The number of rotatable bonds is 2. The Morgan fingerprint density at radius 1 is 0.833 bits per heavy atom. The van der Waals surface area contributed by atoms with Gasteiger partial charge in [0.2, 0.25) is 0 Å². The largest absolute Gasteiger partial charge is 0.478 e. The Kier molecular flexibility index (Phi) is 3.92. The summed E-state index contributed by atoms with van der Waals surface area (Å²) >= 11 is 0. The zero-order valence-electron chi connectivity index (χ0n) is 14.2. The molecule has 2 aliphatic heterocycles. The Hall–Kier alpha value is -2.08. The van der Waals surface area contributed by atoms with Gasteiger partial charge >= 0.3 is 0 Å². The van der Waals surface area contributed by atoms with Crippen LogP contribution in [0.15, 0.2) is 36.4 Å². The fourth-order valence-corrected chi connectivity index (χ4v) is 3.34. The lowest BCUT2D eigenvalue weighted by Crippen LogP contribution is -2.28. The third-order valence-corrected chi connectivity index (χ3v) is 4.65. The van der Waals surface area contributed by atoms with Gasteiger partial charge in [0.15, 0.2) is 0 Å². The molecular weight excluding hydrogens is 302 g/mol. The maximum atomic E-state index is 6.54. The molecule has 24 heavy (non-hydrogen) atoms. The summed E-state index contributed by atoms with van der Waals surface area (Å²) in [5, 5.41) is 0. The summed E-state index contributed by atoms with van der Waals surface area (Å²) < 4.78 is 11.5. The molecule has 0 unspecified atom stereocenters. The number of nitrogens with zero attached hydrogens (tertiary/aromatic N) is 2. The van der Waals surface area contributed by atoms with Gasteiger partial charge in [0.1, 0.15) is 25.0 Å². The number of hydrogen-bond donors (Lipinski definition) is 1. The Balaban J connectivity index is 1.63. The summed E-state index contributed by atoms with van der Waals surface area (Å²) in [5.41, 5.74) is 11.1. The number of ether oxygens (including phenoxy) is 2. The van der Waals surface area contributed by atoms with Crippen LogP contribution in [0.2, 0.25) is 0 Å². The van der Waals surface area contributed by atoms with Gasteiger partial charge in [-0.2, -0.15) is 0 Å². The summed E-state index contributed by atoms with van der Waals surface area (Å²) in [5.74, 6) is 1.93. The maximum Gasteiger partial charge on any atom is 0.142 e. The highest BCUT2D eigenvalue weighted by atomic mass is 16.5. The lowest BCUT2D eigenvalue weighted by molar-refractivity contribution is 0.121. The van der Waals surface area contributed by atoms with E-state index in [4.69, 9.17) is 15.2 Å². The molecule has 4 rings (SSSR count). The quantitative estimate of drug-likeness (QED) is 0.918. The maximum absolute atomic E-state index is 6.54. The number of hydrogen-bond acceptors (Lipinski definition) is 5. The fraction of sp³-hybridized carbons (Fsp3) is 0.368. The summed E-state index contributed by atoms with van der Waals surface area (Å²) in [6, 6.07) is 12.4. The number of nitrogens with two attached hydrogens (primary N) is 1. The minimum Gasteiger partial charge on any atom is -0.478 e. The minimum absolute atomic E-state index is 0.153. The second-order valence-corrected chi connectivity index (χ2v) is 6.79. The van der Waals surface area contributed by atoms with Crippen LogP contribution in [0.3, 0.4) is 0 Å². The molecule has 2 aliphatic rings. The van der Waals surface area contributed by atoms with E-state index in [2.05, 4.69) is 48.2 Å². The van der Waals surface area contributed by atoms with Crippen molar-refractivity contribution in [1.29, 1.82) is 0 Å². The van der Waals surface area contributed by atoms with Gasteiger partial charge in [0, 0.05) is 24.2 Å². The van der Waals surface area contributed by atoms with Gasteiger partial charge in [-0.05, 0) is 49.5 Å². The van der Waals surface area contributed by atoms with Crippen LogP contribution in [0.1, 0.15) is 28.3 Å². The predicted octanol–water partition coefficient (Wildman–Crippen LogP) is 2.30. The molecular formula is C19H23N3O2. The van der Waals surface area contributed by atoms with Crippen LogP contribution in [-0.4, -0.2) is 37.4 Å². The van der Waals surface area contributed by atoms with E-state index < -0.39 is 0 Å². The van der Waals surface area contributed by atoms with Gasteiger partial charge in [0.25, 0.3) is 0 Å². The average molecular weight is 325 g/mol. The average Bonchev–Trinajstić information content (AvgIpc) is 2.59. The number of fused-ring (bicyclic) bond motifs is 2. The molecule has 0 atom stereocenters. The highest BCUT2D eigenvalue weighted by Crippen LogP contribution is 2.32. The highest BCUT2D eigenvalue weighted by molar-refractivity contribution is 5.45. The lowest BCUT2D eigenvalue weighted by Gasteiger charge is -2.28. The van der Waals surface area contributed by atoms with Crippen LogP contribution < -0.4 is 15.2 Å². The van der Waals surface area contributed by atoms with Crippen LogP contribution in [-0.2, 0) is 13.1 Å². The molecule has 0 radical (unpaired) electrons. The van der Waals surface area contributed by atoms with E-state index in [0.717, 1.165) is 35.7 Å². The summed E-state index contributed by atoms with van der Waals surface area (Å²) in [7, 11) is 4.10. The van der Waals surface area contributed by atoms with Crippen LogP contribution in [0, 0.1) is 0 Å². The molecule has 2 aromatic rings. The molecule has 5 heteroatoms. The summed E-state index contributed by atoms with van der Waals surface area (Å²) in [4.78, 5) is 4.29. The topological polar surface area (TPSA) is 51.0 Å². The molecule has 5 nitrogen and oxygen atoms in total. The van der Waals surface area contributed by atoms with Crippen molar-refractivity contribution < 1.29 is 9.47 Å². The zero-order valence-corrected chi connectivity index (χ0v) is 14.2. The van der Waals surface area contributed by atoms with Gasteiger partial charge in [-0.3, -0.25) is 9.80 Å². The Morgan fingerprint density at radius 3 is 1.75 bits per heavy atom. The molecule has 2 heterocycles. The van der Waals surface area contributed by atoms with Crippen molar-refractivity contribution in [2.24, 2.45) is 5.73 Å². The van der Waals surface area contributed by atoms with Gasteiger partial charge in [0.05, 0.1) is 6.04 Å². The predicted molar refractivity (Wildman–Crippen MR) is 92.8 cm³/mol. The van der Waals surface area contributed by atoms with E-state index in [1.807, 2.05) is 12.1 Å². The van der Waals surface area contributed by atoms with Gasteiger partial charge in [-0.15, -0.1) is 0 Å². The van der Waals surface area contributed by atoms with E-state index in [-0.39, 0.29) is 6.04 Å². The molecule has 0 fully saturated rings. The summed E-state index contributed by atoms with van der Waals surface area (Å²) in [6.07, 6.45) is 0. The van der Waals surface area contributed by atoms with Crippen molar-refractivity contribution in [3.05, 3.63) is 58.7 Å². The second kappa shape index (κ2) is 6.09. The van der Waals surface area contributed by atoms with Crippen LogP contribution in [0.25, 0.3) is 0 Å². The fourth-order valence-electron chi connectivity index (χ4n) is 3.34. The Morgan fingerprint density at radius 2 is 1.29 bits per heavy atom. The Labute approximate surface area is 142 Å². The smallest absolute Gasteiger partial charge is 0.142 e. The monoisotopic (exact) mass is 325 g/mol. The van der Waals surface area contributed by atoms with Crippen molar-refractivity contribution in [2.45, 2.75) is 19.1 Å². The minimum atomic E-state index is -0.153. The van der Waals surface area contributed by atoms with E-state index in [0.29, 0.717) is 13.5 Å². The molecule has 0 saturated carbocycles. The number of benzene rings is 2. The van der Waals surface area contributed by atoms with E-state index in [9.17, 15) is 0 Å². The molecule has 0 aliphatic carbocycles. The van der Waals surface area contributed by atoms with Crippen molar-refractivity contribution in [1.82, 2.24) is 9.80 Å². The van der Waals surface area contributed by atoms with E-state index in [1.165, 1.54) is 11.1 Å².